The van der Waals surface area contributed by atoms with Gasteiger partial charge in [0.25, 0.3) is 0 Å². The molecular formula is C12H22F2. The summed E-state index contributed by atoms with van der Waals surface area (Å²) < 4.78 is 26.3. The van der Waals surface area contributed by atoms with E-state index in [0.29, 0.717) is 12.8 Å². The summed E-state index contributed by atoms with van der Waals surface area (Å²) in [5.41, 5.74) is -1.50. The van der Waals surface area contributed by atoms with Gasteiger partial charge in [-0.25, -0.2) is 8.78 Å². The normalized spacial score (nSPS) is 35.8. The van der Waals surface area contributed by atoms with Crippen LogP contribution in [-0.2, 0) is 0 Å². The third-order valence-electron chi connectivity index (χ3n) is 3.54. The average molecular weight is 204 g/mol. The zero-order chi connectivity index (χ0) is 10.4. The molecule has 2 atom stereocenters. The molecule has 0 radical (unpaired) electrons. The van der Waals surface area contributed by atoms with Gasteiger partial charge in [0.05, 0.1) is 0 Å². The van der Waals surface area contributed by atoms with Crippen LogP contribution in [0.4, 0.5) is 8.78 Å². The average Bonchev–Trinajstić information content (AvgIpc) is 2.29. The summed E-state index contributed by atoms with van der Waals surface area (Å²) in [4.78, 5) is 0. The van der Waals surface area contributed by atoms with Gasteiger partial charge in [0.15, 0.2) is 0 Å². The standard InChI is InChI=1S/C12H22F2/c1-2-11-6-3-4-8-12(14,10-13)9-5-7-11/h11H,2-10H2,1H3. The molecule has 1 saturated carbocycles. The molecule has 1 fully saturated rings. The van der Waals surface area contributed by atoms with Gasteiger partial charge in [-0.15, -0.1) is 0 Å². The lowest BCUT2D eigenvalue weighted by atomic mass is 9.93. The maximum absolute atomic E-state index is 13.8. The Balaban J connectivity index is 2.43. The Hall–Kier alpha value is -0.140. The van der Waals surface area contributed by atoms with Crippen molar-refractivity contribution >= 4 is 0 Å². The maximum atomic E-state index is 13.8. The van der Waals surface area contributed by atoms with Crippen LogP contribution in [0.5, 0.6) is 0 Å². The molecule has 0 nitrogen and oxygen atoms in total. The Morgan fingerprint density at radius 2 is 1.79 bits per heavy atom. The maximum Gasteiger partial charge on any atom is 0.139 e. The van der Waals surface area contributed by atoms with Gasteiger partial charge in [-0.2, -0.15) is 0 Å². The second kappa shape index (κ2) is 5.67. The fourth-order valence-corrected chi connectivity index (χ4v) is 2.39. The van der Waals surface area contributed by atoms with Crippen LogP contribution in [-0.4, -0.2) is 12.3 Å². The third-order valence-corrected chi connectivity index (χ3v) is 3.54. The molecule has 0 aliphatic heterocycles. The van der Waals surface area contributed by atoms with Crippen molar-refractivity contribution in [2.75, 3.05) is 6.67 Å². The summed E-state index contributed by atoms with van der Waals surface area (Å²) in [6, 6.07) is 0. The van der Waals surface area contributed by atoms with E-state index in [1.165, 1.54) is 12.8 Å². The Labute approximate surface area is 86.1 Å². The van der Waals surface area contributed by atoms with Crippen molar-refractivity contribution in [2.45, 2.75) is 64.0 Å². The molecule has 1 aliphatic carbocycles. The van der Waals surface area contributed by atoms with Crippen molar-refractivity contribution in [1.82, 2.24) is 0 Å². The van der Waals surface area contributed by atoms with Crippen molar-refractivity contribution < 1.29 is 8.78 Å². The van der Waals surface area contributed by atoms with Gasteiger partial charge in [0.2, 0.25) is 0 Å². The molecule has 0 heterocycles. The Morgan fingerprint density at radius 1 is 1.14 bits per heavy atom. The highest BCUT2D eigenvalue weighted by molar-refractivity contribution is 4.80. The first-order chi connectivity index (χ1) is 6.70. The van der Waals surface area contributed by atoms with E-state index in [1.807, 2.05) is 0 Å². The monoisotopic (exact) mass is 204 g/mol. The van der Waals surface area contributed by atoms with Crippen LogP contribution in [0.2, 0.25) is 0 Å². The summed E-state index contributed by atoms with van der Waals surface area (Å²) in [6.07, 6.45) is 7.13. The molecule has 0 amide bonds. The fourth-order valence-electron chi connectivity index (χ4n) is 2.39. The second-order valence-corrected chi connectivity index (χ2v) is 4.70. The summed E-state index contributed by atoms with van der Waals surface area (Å²) in [5.74, 6) is 0.747. The Morgan fingerprint density at radius 3 is 2.43 bits per heavy atom. The predicted octanol–water partition coefficient (Wildman–Crippen LogP) is 4.43. The van der Waals surface area contributed by atoms with E-state index < -0.39 is 12.3 Å². The van der Waals surface area contributed by atoms with Crippen LogP contribution in [0.3, 0.4) is 0 Å². The van der Waals surface area contributed by atoms with Gasteiger partial charge >= 0.3 is 0 Å². The van der Waals surface area contributed by atoms with Gasteiger partial charge in [0, 0.05) is 0 Å². The Bertz CT molecular complexity index is 158. The van der Waals surface area contributed by atoms with Crippen LogP contribution in [0.1, 0.15) is 58.3 Å². The zero-order valence-electron chi connectivity index (χ0n) is 9.20. The van der Waals surface area contributed by atoms with Crippen molar-refractivity contribution in [1.29, 1.82) is 0 Å². The lowest BCUT2D eigenvalue weighted by Gasteiger charge is -2.20. The van der Waals surface area contributed by atoms with E-state index in [0.717, 1.165) is 31.6 Å². The summed E-state index contributed by atoms with van der Waals surface area (Å²) in [5, 5.41) is 0. The largest absolute Gasteiger partial charge is 0.248 e. The number of alkyl halides is 2. The molecule has 0 aromatic carbocycles. The van der Waals surface area contributed by atoms with Crippen LogP contribution in [0, 0.1) is 5.92 Å². The highest BCUT2D eigenvalue weighted by Gasteiger charge is 2.29. The quantitative estimate of drug-likeness (QED) is 0.624. The van der Waals surface area contributed by atoms with E-state index in [1.54, 1.807) is 0 Å². The molecule has 0 aromatic heterocycles. The number of hydrogen-bond donors (Lipinski definition) is 0. The minimum absolute atomic E-state index is 0.430. The van der Waals surface area contributed by atoms with Gasteiger partial charge < -0.3 is 0 Å². The molecule has 0 aromatic rings. The minimum atomic E-state index is -1.50. The van der Waals surface area contributed by atoms with E-state index in [-0.39, 0.29) is 0 Å². The zero-order valence-corrected chi connectivity index (χ0v) is 9.20. The highest BCUT2D eigenvalue weighted by Crippen LogP contribution is 2.32. The van der Waals surface area contributed by atoms with E-state index in [4.69, 9.17) is 0 Å². The minimum Gasteiger partial charge on any atom is -0.248 e. The summed E-state index contributed by atoms with van der Waals surface area (Å²) in [7, 11) is 0. The predicted molar refractivity (Wildman–Crippen MR) is 55.9 cm³/mol. The molecule has 2 unspecified atom stereocenters. The van der Waals surface area contributed by atoms with Gasteiger partial charge in [-0.05, 0) is 25.2 Å². The second-order valence-electron chi connectivity index (χ2n) is 4.70. The van der Waals surface area contributed by atoms with E-state index in [9.17, 15) is 8.78 Å². The van der Waals surface area contributed by atoms with Gasteiger partial charge in [-0.1, -0.05) is 39.0 Å². The lowest BCUT2D eigenvalue weighted by Crippen LogP contribution is -2.25. The van der Waals surface area contributed by atoms with Gasteiger partial charge in [0.1, 0.15) is 12.3 Å². The topological polar surface area (TPSA) is 0 Å². The molecule has 84 valence electrons. The molecule has 1 aliphatic rings. The number of hydrogen-bond acceptors (Lipinski definition) is 0. The van der Waals surface area contributed by atoms with Crippen LogP contribution in [0.15, 0.2) is 0 Å². The lowest BCUT2D eigenvalue weighted by molar-refractivity contribution is 0.0936. The molecule has 0 saturated heterocycles. The first kappa shape index (κ1) is 11.9. The first-order valence-electron chi connectivity index (χ1n) is 5.95. The summed E-state index contributed by atoms with van der Waals surface area (Å²) in [6.45, 7) is 1.41. The molecule has 0 spiro atoms. The molecule has 0 N–H and O–H groups in total. The first-order valence-corrected chi connectivity index (χ1v) is 5.95. The van der Waals surface area contributed by atoms with Crippen LogP contribution < -0.4 is 0 Å². The van der Waals surface area contributed by atoms with Crippen molar-refractivity contribution in [3.8, 4) is 0 Å². The van der Waals surface area contributed by atoms with Crippen LogP contribution in [0.25, 0.3) is 0 Å². The molecule has 0 bridgehead atoms. The van der Waals surface area contributed by atoms with Gasteiger partial charge in [-0.3, -0.25) is 0 Å². The van der Waals surface area contributed by atoms with Crippen molar-refractivity contribution in [3.63, 3.8) is 0 Å². The van der Waals surface area contributed by atoms with Crippen molar-refractivity contribution in [3.05, 3.63) is 0 Å². The Kier molecular flexibility index (Phi) is 4.83. The molecule has 1 rings (SSSR count). The third kappa shape index (κ3) is 3.55. The SMILES string of the molecule is CCC1CCCCC(F)(CF)CCC1. The van der Waals surface area contributed by atoms with Crippen molar-refractivity contribution in [2.24, 2.45) is 5.92 Å². The van der Waals surface area contributed by atoms with E-state index in [2.05, 4.69) is 6.92 Å². The number of rotatable bonds is 2. The molecule has 14 heavy (non-hydrogen) atoms. The van der Waals surface area contributed by atoms with Crippen LogP contribution >= 0.6 is 0 Å². The smallest absolute Gasteiger partial charge is 0.139 e. The summed E-state index contributed by atoms with van der Waals surface area (Å²) >= 11 is 0. The molecule has 2 heteroatoms. The number of halogens is 2. The fraction of sp³-hybridized carbons (Fsp3) is 1.00. The van der Waals surface area contributed by atoms with E-state index >= 15 is 0 Å². The molecular weight excluding hydrogens is 182 g/mol. The highest BCUT2D eigenvalue weighted by atomic mass is 19.2.